The molecule has 0 saturated carbocycles. The molecule has 1 aliphatic heterocycles. The van der Waals surface area contributed by atoms with Crippen LogP contribution in [0, 0.1) is 6.92 Å². The molecule has 1 aromatic heterocycles. The molecule has 0 radical (unpaired) electrons. The Labute approximate surface area is 142 Å². The lowest BCUT2D eigenvalue weighted by molar-refractivity contribution is 0.372. The van der Waals surface area contributed by atoms with E-state index in [4.69, 9.17) is 9.47 Å². The Bertz CT molecular complexity index is 662. The van der Waals surface area contributed by atoms with E-state index >= 15 is 0 Å². The molecule has 1 saturated heterocycles. The molecule has 6 heteroatoms. The molecule has 1 aromatic carbocycles. The standard InChI is InChI=1S/C18H24N4O2/c1-13-5-4-6-15(11-13)22-9-7-14(8-10-22)19-18-20-16(23-2)12-17(21-18)24-3/h4-6,11-12,14H,7-10H2,1-3H3,(H,19,20,21). The summed E-state index contributed by atoms with van der Waals surface area (Å²) >= 11 is 0. The molecular formula is C18H24N4O2. The zero-order valence-corrected chi connectivity index (χ0v) is 14.5. The fourth-order valence-corrected chi connectivity index (χ4v) is 2.97. The van der Waals surface area contributed by atoms with Gasteiger partial charge in [-0.05, 0) is 37.5 Å². The van der Waals surface area contributed by atoms with E-state index in [0.29, 0.717) is 23.8 Å². The van der Waals surface area contributed by atoms with Crippen LogP contribution in [0.4, 0.5) is 11.6 Å². The van der Waals surface area contributed by atoms with E-state index in [1.165, 1.54) is 11.3 Å². The zero-order valence-electron chi connectivity index (χ0n) is 14.5. The van der Waals surface area contributed by atoms with E-state index in [-0.39, 0.29) is 0 Å². The van der Waals surface area contributed by atoms with E-state index < -0.39 is 0 Å². The van der Waals surface area contributed by atoms with Gasteiger partial charge < -0.3 is 19.7 Å². The Morgan fingerprint density at radius 3 is 2.29 bits per heavy atom. The van der Waals surface area contributed by atoms with Crippen molar-refractivity contribution in [2.45, 2.75) is 25.8 Å². The van der Waals surface area contributed by atoms with E-state index in [0.717, 1.165) is 25.9 Å². The quantitative estimate of drug-likeness (QED) is 0.911. The normalized spacial score (nSPS) is 15.2. The number of ether oxygens (including phenoxy) is 2. The van der Waals surface area contributed by atoms with Crippen molar-refractivity contribution in [1.82, 2.24) is 9.97 Å². The van der Waals surface area contributed by atoms with Crippen molar-refractivity contribution in [3.05, 3.63) is 35.9 Å². The summed E-state index contributed by atoms with van der Waals surface area (Å²) in [5.74, 6) is 1.56. The highest BCUT2D eigenvalue weighted by Gasteiger charge is 2.20. The summed E-state index contributed by atoms with van der Waals surface area (Å²) < 4.78 is 10.4. The molecule has 2 aromatic rings. The molecule has 0 spiro atoms. The topological polar surface area (TPSA) is 59.5 Å². The highest BCUT2D eigenvalue weighted by molar-refractivity contribution is 5.49. The van der Waals surface area contributed by atoms with Gasteiger partial charge in [0.05, 0.1) is 20.3 Å². The third-order valence-electron chi connectivity index (χ3n) is 4.29. The minimum Gasteiger partial charge on any atom is -0.481 e. The lowest BCUT2D eigenvalue weighted by atomic mass is 10.0. The van der Waals surface area contributed by atoms with Gasteiger partial charge in [0.1, 0.15) is 0 Å². The van der Waals surface area contributed by atoms with E-state index in [1.54, 1.807) is 20.3 Å². The van der Waals surface area contributed by atoms with Crippen LogP contribution >= 0.6 is 0 Å². The summed E-state index contributed by atoms with van der Waals surface area (Å²) in [4.78, 5) is 11.1. The Morgan fingerprint density at radius 2 is 1.71 bits per heavy atom. The van der Waals surface area contributed by atoms with Crippen molar-refractivity contribution >= 4 is 11.6 Å². The minimum absolute atomic E-state index is 0.350. The van der Waals surface area contributed by atoms with Crippen LogP contribution in [0.15, 0.2) is 30.3 Å². The highest BCUT2D eigenvalue weighted by Crippen LogP contribution is 2.23. The van der Waals surface area contributed by atoms with Crippen molar-refractivity contribution < 1.29 is 9.47 Å². The number of aryl methyl sites for hydroxylation is 1. The second-order valence-corrected chi connectivity index (χ2v) is 6.02. The Balaban J connectivity index is 1.61. The Morgan fingerprint density at radius 1 is 1.04 bits per heavy atom. The van der Waals surface area contributed by atoms with Crippen molar-refractivity contribution in [3.63, 3.8) is 0 Å². The van der Waals surface area contributed by atoms with Gasteiger partial charge in [-0.2, -0.15) is 9.97 Å². The second kappa shape index (κ2) is 7.38. The van der Waals surface area contributed by atoms with Crippen LogP contribution in [-0.2, 0) is 0 Å². The molecule has 24 heavy (non-hydrogen) atoms. The predicted octanol–water partition coefficient (Wildman–Crippen LogP) is 2.88. The van der Waals surface area contributed by atoms with Crippen LogP contribution in [0.1, 0.15) is 18.4 Å². The molecule has 3 rings (SSSR count). The molecule has 6 nitrogen and oxygen atoms in total. The summed E-state index contributed by atoms with van der Waals surface area (Å²) in [5.41, 5.74) is 2.59. The largest absolute Gasteiger partial charge is 0.481 e. The number of anilines is 2. The maximum absolute atomic E-state index is 5.19. The summed E-state index contributed by atoms with van der Waals surface area (Å²) in [5, 5.41) is 3.40. The maximum atomic E-state index is 5.19. The van der Waals surface area contributed by atoms with Gasteiger partial charge in [-0.1, -0.05) is 12.1 Å². The SMILES string of the molecule is COc1cc(OC)nc(NC2CCN(c3cccc(C)c3)CC2)n1. The van der Waals surface area contributed by atoms with E-state index in [2.05, 4.69) is 51.4 Å². The van der Waals surface area contributed by atoms with Gasteiger partial charge in [-0.25, -0.2) is 0 Å². The smallest absolute Gasteiger partial charge is 0.229 e. The first-order valence-electron chi connectivity index (χ1n) is 8.23. The molecule has 128 valence electrons. The monoisotopic (exact) mass is 328 g/mol. The lowest BCUT2D eigenvalue weighted by Gasteiger charge is -2.34. The first-order valence-corrected chi connectivity index (χ1v) is 8.23. The summed E-state index contributed by atoms with van der Waals surface area (Å²) in [7, 11) is 3.18. The highest BCUT2D eigenvalue weighted by atomic mass is 16.5. The molecule has 1 aliphatic rings. The van der Waals surface area contributed by atoms with Crippen molar-refractivity contribution in [3.8, 4) is 11.8 Å². The number of rotatable bonds is 5. The predicted molar refractivity (Wildman–Crippen MR) is 95.2 cm³/mol. The number of methoxy groups -OCH3 is 2. The van der Waals surface area contributed by atoms with Gasteiger partial charge in [-0.15, -0.1) is 0 Å². The van der Waals surface area contributed by atoms with E-state index in [9.17, 15) is 0 Å². The minimum atomic E-state index is 0.350. The Kier molecular flexibility index (Phi) is 5.03. The van der Waals surface area contributed by atoms with Gasteiger partial charge in [-0.3, -0.25) is 0 Å². The Hall–Kier alpha value is -2.50. The molecular weight excluding hydrogens is 304 g/mol. The third-order valence-corrected chi connectivity index (χ3v) is 4.29. The molecule has 1 N–H and O–H groups in total. The first-order chi connectivity index (χ1) is 11.7. The van der Waals surface area contributed by atoms with Crippen LogP contribution in [0.3, 0.4) is 0 Å². The molecule has 0 unspecified atom stereocenters. The van der Waals surface area contributed by atoms with Gasteiger partial charge in [0.2, 0.25) is 17.7 Å². The summed E-state index contributed by atoms with van der Waals surface area (Å²) in [6.07, 6.45) is 2.08. The zero-order chi connectivity index (χ0) is 16.9. The number of aromatic nitrogens is 2. The summed E-state index contributed by atoms with van der Waals surface area (Å²) in [6, 6.07) is 10.7. The number of nitrogens with one attached hydrogen (secondary N) is 1. The van der Waals surface area contributed by atoms with Crippen molar-refractivity contribution in [2.75, 3.05) is 37.5 Å². The van der Waals surface area contributed by atoms with Crippen LogP contribution in [0.5, 0.6) is 11.8 Å². The maximum Gasteiger partial charge on any atom is 0.229 e. The van der Waals surface area contributed by atoms with Crippen molar-refractivity contribution in [1.29, 1.82) is 0 Å². The third kappa shape index (κ3) is 3.88. The van der Waals surface area contributed by atoms with Crippen LogP contribution in [-0.4, -0.2) is 43.3 Å². The molecule has 0 bridgehead atoms. The van der Waals surface area contributed by atoms with Crippen molar-refractivity contribution in [2.24, 2.45) is 0 Å². The molecule has 1 fully saturated rings. The fraction of sp³-hybridized carbons (Fsp3) is 0.444. The number of nitrogens with zero attached hydrogens (tertiary/aromatic N) is 3. The van der Waals surface area contributed by atoms with Crippen LogP contribution < -0.4 is 19.7 Å². The number of hydrogen-bond acceptors (Lipinski definition) is 6. The fourth-order valence-electron chi connectivity index (χ4n) is 2.97. The van der Waals surface area contributed by atoms with Gasteiger partial charge in [0.15, 0.2) is 0 Å². The average molecular weight is 328 g/mol. The lowest BCUT2D eigenvalue weighted by Crippen LogP contribution is -2.39. The average Bonchev–Trinajstić information content (AvgIpc) is 2.62. The number of benzene rings is 1. The van der Waals surface area contributed by atoms with E-state index in [1.807, 2.05) is 0 Å². The van der Waals surface area contributed by atoms with Gasteiger partial charge in [0.25, 0.3) is 0 Å². The molecule has 0 aliphatic carbocycles. The number of piperidine rings is 1. The molecule has 0 atom stereocenters. The molecule has 2 heterocycles. The number of hydrogen-bond donors (Lipinski definition) is 1. The van der Waals surface area contributed by atoms with Crippen LogP contribution in [0.2, 0.25) is 0 Å². The first kappa shape index (κ1) is 16.4. The van der Waals surface area contributed by atoms with Gasteiger partial charge in [0, 0.05) is 24.8 Å². The van der Waals surface area contributed by atoms with Crippen LogP contribution in [0.25, 0.3) is 0 Å². The van der Waals surface area contributed by atoms with Gasteiger partial charge >= 0.3 is 0 Å². The second-order valence-electron chi connectivity index (χ2n) is 6.02. The molecule has 0 amide bonds. The summed E-state index contributed by atoms with van der Waals surface area (Å²) in [6.45, 7) is 4.16.